The average molecular weight is 276 g/mol. The molecule has 1 aromatic carbocycles. The lowest BCUT2D eigenvalue weighted by atomic mass is 10.3. The number of thiazole rings is 1. The number of nitrogens with zero attached hydrogens (tertiary/aromatic N) is 1. The molecule has 0 atom stereocenters. The zero-order chi connectivity index (χ0) is 7.84. The summed E-state index contributed by atoms with van der Waals surface area (Å²) in [7, 11) is 0. The lowest BCUT2D eigenvalue weighted by molar-refractivity contribution is 1.50. The van der Waals surface area contributed by atoms with Crippen molar-refractivity contribution in [2.45, 2.75) is 0 Å². The second kappa shape index (κ2) is 2.60. The van der Waals surface area contributed by atoms with Gasteiger partial charge in [-0.1, -0.05) is 0 Å². The van der Waals surface area contributed by atoms with Crippen LogP contribution >= 0.6 is 33.9 Å². The molecule has 0 aliphatic carbocycles. The van der Waals surface area contributed by atoms with Crippen LogP contribution in [-0.4, -0.2) is 4.98 Å². The van der Waals surface area contributed by atoms with E-state index in [2.05, 4.69) is 27.6 Å². The van der Waals surface area contributed by atoms with Gasteiger partial charge < -0.3 is 5.73 Å². The summed E-state index contributed by atoms with van der Waals surface area (Å²) >= 11 is 3.87. The first kappa shape index (κ1) is 7.30. The Morgan fingerprint density at radius 3 is 3.09 bits per heavy atom. The summed E-state index contributed by atoms with van der Waals surface area (Å²) in [6, 6.07) is 3.84. The molecule has 0 aliphatic heterocycles. The van der Waals surface area contributed by atoms with Gasteiger partial charge in [-0.3, -0.25) is 0 Å². The third-order valence-corrected chi connectivity index (χ3v) is 3.86. The van der Waals surface area contributed by atoms with Gasteiger partial charge in [-0.25, -0.2) is 4.98 Å². The van der Waals surface area contributed by atoms with E-state index in [1.54, 1.807) is 11.3 Å². The highest BCUT2D eigenvalue weighted by Crippen LogP contribution is 2.27. The van der Waals surface area contributed by atoms with Gasteiger partial charge in [0.1, 0.15) is 0 Å². The highest BCUT2D eigenvalue weighted by Gasteiger charge is 2.03. The van der Waals surface area contributed by atoms with Crippen LogP contribution in [0.4, 0.5) is 5.69 Å². The average Bonchev–Trinajstić information content (AvgIpc) is 2.45. The molecule has 1 heterocycles. The maximum Gasteiger partial charge on any atom is 0.0824 e. The van der Waals surface area contributed by atoms with E-state index in [4.69, 9.17) is 5.73 Å². The minimum absolute atomic E-state index is 0.836. The fourth-order valence-corrected chi connectivity index (χ4v) is 2.48. The fourth-order valence-electron chi connectivity index (χ4n) is 0.911. The van der Waals surface area contributed by atoms with Crippen molar-refractivity contribution in [2.24, 2.45) is 0 Å². The van der Waals surface area contributed by atoms with Gasteiger partial charge in [-0.2, -0.15) is 0 Å². The molecule has 2 N–H and O–H groups in total. The van der Waals surface area contributed by atoms with Crippen LogP contribution in [0.2, 0.25) is 0 Å². The molecular formula is C7H5IN2S. The van der Waals surface area contributed by atoms with Crippen LogP contribution in [0.15, 0.2) is 17.6 Å². The van der Waals surface area contributed by atoms with Crippen molar-refractivity contribution in [1.29, 1.82) is 0 Å². The van der Waals surface area contributed by atoms with Crippen LogP contribution in [0.3, 0.4) is 0 Å². The lowest BCUT2D eigenvalue weighted by Crippen LogP contribution is -1.87. The maximum absolute atomic E-state index is 5.72. The van der Waals surface area contributed by atoms with E-state index in [9.17, 15) is 0 Å². The van der Waals surface area contributed by atoms with Gasteiger partial charge >= 0.3 is 0 Å². The molecule has 1 aromatic heterocycles. The molecule has 56 valence electrons. The van der Waals surface area contributed by atoms with Crippen molar-refractivity contribution in [1.82, 2.24) is 4.98 Å². The molecule has 0 radical (unpaired) electrons. The highest BCUT2D eigenvalue weighted by atomic mass is 127. The van der Waals surface area contributed by atoms with Gasteiger partial charge in [0.15, 0.2) is 0 Å². The van der Waals surface area contributed by atoms with Crippen molar-refractivity contribution in [3.8, 4) is 0 Å². The third kappa shape index (κ3) is 1.10. The number of fused-ring (bicyclic) bond motifs is 1. The van der Waals surface area contributed by atoms with E-state index >= 15 is 0 Å². The minimum atomic E-state index is 0.836. The number of hydrogen-bond donors (Lipinski definition) is 1. The second-order valence-electron chi connectivity index (χ2n) is 2.17. The first-order chi connectivity index (χ1) is 5.29. The van der Waals surface area contributed by atoms with Gasteiger partial charge in [0.05, 0.1) is 19.3 Å². The van der Waals surface area contributed by atoms with Crippen molar-refractivity contribution in [3.63, 3.8) is 0 Å². The van der Waals surface area contributed by atoms with Gasteiger partial charge in [-0.15, -0.1) is 11.3 Å². The van der Waals surface area contributed by atoms with Gasteiger partial charge in [-0.05, 0) is 34.7 Å². The van der Waals surface area contributed by atoms with Crippen LogP contribution < -0.4 is 5.73 Å². The summed E-state index contributed by atoms with van der Waals surface area (Å²) in [5.41, 5.74) is 9.43. The molecule has 0 fully saturated rings. The molecule has 11 heavy (non-hydrogen) atoms. The molecule has 0 saturated carbocycles. The van der Waals surface area contributed by atoms with Crippen LogP contribution in [0, 0.1) is 3.57 Å². The molecule has 0 aliphatic rings. The van der Waals surface area contributed by atoms with E-state index in [0.29, 0.717) is 0 Å². The molecule has 4 heteroatoms. The first-order valence-corrected chi connectivity index (χ1v) is 5.02. The summed E-state index contributed by atoms with van der Waals surface area (Å²) < 4.78 is 2.30. The summed E-state index contributed by atoms with van der Waals surface area (Å²) in [6.45, 7) is 0. The molecular weight excluding hydrogens is 271 g/mol. The Kier molecular flexibility index (Phi) is 1.72. The molecule has 0 spiro atoms. The Morgan fingerprint density at radius 1 is 1.45 bits per heavy atom. The number of halogens is 1. The van der Waals surface area contributed by atoms with Crippen LogP contribution in [-0.2, 0) is 0 Å². The van der Waals surface area contributed by atoms with Crippen molar-refractivity contribution < 1.29 is 0 Å². The van der Waals surface area contributed by atoms with E-state index in [1.165, 1.54) is 4.70 Å². The molecule has 0 saturated heterocycles. The molecule has 2 aromatic rings. The zero-order valence-corrected chi connectivity index (χ0v) is 8.52. The summed E-state index contributed by atoms with van der Waals surface area (Å²) in [5.74, 6) is 0. The molecule has 0 unspecified atom stereocenters. The predicted molar refractivity (Wildman–Crippen MR) is 56.7 cm³/mol. The van der Waals surface area contributed by atoms with E-state index in [-0.39, 0.29) is 0 Å². The van der Waals surface area contributed by atoms with Gasteiger partial charge in [0.2, 0.25) is 0 Å². The maximum atomic E-state index is 5.72. The third-order valence-electron chi connectivity index (χ3n) is 1.47. The molecule has 0 bridgehead atoms. The lowest BCUT2D eigenvalue weighted by Gasteiger charge is -1.96. The van der Waals surface area contributed by atoms with E-state index in [0.717, 1.165) is 14.8 Å². The van der Waals surface area contributed by atoms with Gasteiger partial charge in [0.25, 0.3) is 0 Å². The number of rotatable bonds is 0. The Balaban J connectivity index is 2.93. The first-order valence-electron chi connectivity index (χ1n) is 3.06. The highest BCUT2D eigenvalue weighted by molar-refractivity contribution is 14.1. The summed E-state index contributed by atoms with van der Waals surface area (Å²) in [4.78, 5) is 4.18. The van der Waals surface area contributed by atoms with Crippen LogP contribution in [0.5, 0.6) is 0 Å². The topological polar surface area (TPSA) is 38.9 Å². The SMILES string of the molecule is Nc1ccc2ncsc2c1I. The minimum Gasteiger partial charge on any atom is -0.398 e. The number of aromatic nitrogens is 1. The molecule has 2 rings (SSSR count). The second-order valence-corrected chi connectivity index (χ2v) is 4.10. The Labute approximate surface area is 81.6 Å². The monoisotopic (exact) mass is 276 g/mol. The van der Waals surface area contributed by atoms with Crippen LogP contribution in [0.1, 0.15) is 0 Å². The van der Waals surface area contributed by atoms with Crippen molar-refractivity contribution in [2.75, 3.05) is 5.73 Å². The Bertz CT molecular complexity index is 396. The number of anilines is 1. The quantitative estimate of drug-likeness (QED) is 0.593. The van der Waals surface area contributed by atoms with Crippen LogP contribution in [0.25, 0.3) is 10.2 Å². The normalized spacial score (nSPS) is 10.6. The smallest absolute Gasteiger partial charge is 0.0824 e. The van der Waals surface area contributed by atoms with Crippen molar-refractivity contribution in [3.05, 3.63) is 21.2 Å². The molecule has 2 nitrogen and oxygen atoms in total. The summed E-state index contributed by atoms with van der Waals surface area (Å²) in [5, 5.41) is 0. The standard InChI is InChI=1S/C7H5IN2S/c8-6-4(9)1-2-5-7(6)11-3-10-5/h1-3H,9H2. The predicted octanol–water partition coefficient (Wildman–Crippen LogP) is 2.48. The zero-order valence-electron chi connectivity index (χ0n) is 5.54. The Hall–Kier alpha value is -0.360. The van der Waals surface area contributed by atoms with Crippen molar-refractivity contribution >= 4 is 49.8 Å². The number of nitrogen functional groups attached to an aromatic ring is 1. The van der Waals surface area contributed by atoms with E-state index < -0.39 is 0 Å². The van der Waals surface area contributed by atoms with E-state index in [1.807, 2.05) is 17.6 Å². The molecule has 0 amide bonds. The van der Waals surface area contributed by atoms with Gasteiger partial charge in [0, 0.05) is 5.69 Å². The number of nitrogens with two attached hydrogens (primary N) is 1. The Morgan fingerprint density at radius 2 is 2.27 bits per heavy atom. The number of benzene rings is 1. The fraction of sp³-hybridized carbons (Fsp3) is 0. The number of hydrogen-bond acceptors (Lipinski definition) is 3. The largest absolute Gasteiger partial charge is 0.398 e. The summed E-state index contributed by atoms with van der Waals surface area (Å²) in [6.07, 6.45) is 0.